The lowest BCUT2D eigenvalue weighted by Crippen LogP contribution is -2.35. The van der Waals surface area contributed by atoms with Gasteiger partial charge in [-0.15, -0.1) is 0 Å². The number of carbonyl (C=O) groups excluding carboxylic acids is 1. The molecular formula is C15H21ClN2OS. The number of hydrogen-bond donors (Lipinski definition) is 1. The molecule has 1 saturated heterocycles. The van der Waals surface area contributed by atoms with E-state index >= 15 is 0 Å². The summed E-state index contributed by atoms with van der Waals surface area (Å²) in [5.41, 5.74) is 1.21. The molecule has 0 aromatic heterocycles. The molecule has 1 heterocycles. The largest absolute Gasteiger partial charge is 0.371 e. The van der Waals surface area contributed by atoms with Crippen LogP contribution in [0.4, 0.5) is 5.69 Å². The fourth-order valence-electron chi connectivity index (χ4n) is 2.38. The second kappa shape index (κ2) is 7.23. The molecule has 0 spiro atoms. The van der Waals surface area contributed by atoms with Crippen molar-refractivity contribution in [3.63, 3.8) is 0 Å². The van der Waals surface area contributed by atoms with Crippen LogP contribution >= 0.6 is 23.4 Å². The molecule has 1 aromatic carbocycles. The molecule has 5 heteroatoms. The van der Waals surface area contributed by atoms with Crippen LogP contribution in [0.1, 0.15) is 13.3 Å². The van der Waals surface area contributed by atoms with Gasteiger partial charge < -0.3 is 10.2 Å². The Bertz CT molecular complexity index is 452. The number of carbonyl (C=O) groups is 1. The Kier molecular flexibility index (Phi) is 5.61. The third-order valence-corrected chi connectivity index (χ3v) is 4.94. The minimum Gasteiger partial charge on any atom is -0.371 e. The third kappa shape index (κ3) is 4.06. The summed E-state index contributed by atoms with van der Waals surface area (Å²) in [6.45, 7) is 4.75. The van der Waals surface area contributed by atoms with Gasteiger partial charge in [0, 0.05) is 30.3 Å². The number of rotatable bonds is 5. The number of anilines is 1. The molecule has 0 aliphatic carbocycles. The summed E-state index contributed by atoms with van der Waals surface area (Å²) in [6.07, 6.45) is 3.08. The van der Waals surface area contributed by atoms with Crippen LogP contribution in [0.5, 0.6) is 0 Å². The monoisotopic (exact) mass is 312 g/mol. The molecule has 1 aliphatic rings. The maximum absolute atomic E-state index is 11.8. The van der Waals surface area contributed by atoms with E-state index in [1.165, 1.54) is 5.69 Å². The molecule has 1 aliphatic heterocycles. The molecule has 1 N–H and O–H groups in total. The van der Waals surface area contributed by atoms with Gasteiger partial charge >= 0.3 is 0 Å². The summed E-state index contributed by atoms with van der Waals surface area (Å²) in [4.78, 5) is 14.1. The lowest BCUT2D eigenvalue weighted by Gasteiger charge is -2.19. The highest BCUT2D eigenvalue weighted by atomic mass is 35.5. The van der Waals surface area contributed by atoms with Crippen molar-refractivity contribution in [2.75, 3.05) is 30.8 Å². The van der Waals surface area contributed by atoms with Crippen molar-refractivity contribution in [3.05, 3.63) is 29.3 Å². The summed E-state index contributed by atoms with van der Waals surface area (Å²) in [5.74, 6) is 0.672. The smallest absolute Gasteiger partial charge is 0.232 e. The Morgan fingerprint density at radius 3 is 2.85 bits per heavy atom. The predicted octanol–water partition coefficient (Wildman–Crippen LogP) is 3.03. The highest BCUT2D eigenvalue weighted by Gasteiger charge is 2.23. The Morgan fingerprint density at radius 1 is 1.50 bits per heavy atom. The fraction of sp³-hybridized carbons (Fsp3) is 0.533. The van der Waals surface area contributed by atoms with Crippen LogP contribution in [0.3, 0.4) is 0 Å². The van der Waals surface area contributed by atoms with Gasteiger partial charge in [-0.05, 0) is 49.8 Å². The van der Waals surface area contributed by atoms with Crippen LogP contribution in [-0.4, -0.2) is 37.0 Å². The predicted molar refractivity (Wildman–Crippen MR) is 87.8 cm³/mol. The van der Waals surface area contributed by atoms with E-state index in [9.17, 15) is 4.79 Å². The highest BCUT2D eigenvalue weighted by molar-refractivity contribution is 7.99. The van der Waals surface area contributed by atoms with Gasteiger partial charge in [-0.25, -0.2) is 0 Å². The quantitative estimate of drug-likeness (QED) is 0.907. The van der Waals surface area contributed by atoms with Crippen LogP contribution < -0.4 is 10.2 Å². The van der Waals surface area contributed by atoms with Crippen molar-refractivity contribution in [1.29, 1.82) is 0 Å². The van der Waals surface area contributed by atoms with Crippen LogP contribution in [-0.2, 0) is 4.79 Å². The zero-order valence-electron chi connectivity index (χ0n) is 11.9. The molecular weight excluding hydrogens is 292 g/mol. The van der Waals surface area contributed by atoms with Gasteiger partial charge in [-0.2, -0.15) is 11.8 Å². The van der Waals surface area contributed by atoms with Crippen LogP contribution in [0, 0.1) is 5.92 Å². The van der Waals surface area contributed by atoms with Crippen LogP contribution in [0.15, 0.2) is 24.3 Å². The molecule has 110 valence electrons. The van der Waals surface area contributed by atoms with E-state index < -0.39 is 0 Å². The van der Waals surface area contributed by atoms with E-state index in [4.69, 9.17) is 11.6 Å². The van der Waals surface area contributed by atoms with Gasteiger partial charge in [0.15, 0.2) is 0 Å². The minimum absolute atomic E-state index is 0.0313. The van der Waals surface area contributed by atoms with Crippen molar-refractivity contribution in [2.24, 2.45) is 5.92 Å². The molecule has 3 nitrogen and oxygen atoms in total. The second-order valence-electron chi connectivity index (χ2n) is 5.20. The molecule has 0 saturated carbocycles. The number of thioether (sulfide) groups is 1. The number of nitrogens with one attached hydrogen (secondary N) is 1. The molecule has 2 atom stereocenters. The summed E-state index contributed by atoms with van der Waals surface area (Å²) in [7, 11) is 0. The van der Waals surface area contributed by atoms with E-state index in [2.05, 4.69) is 22.3 Å². The molecule has 1 aromatic rings. The minimum atomic E-state index is 0.0313. The zero-order chi connectivity index (χ0) is 14.5. The van der Waals surface area contributed by atoms with Crippen molar-refractivity contribution < 1.29 is 4.79 Å². The molecule has 20 heavy (non-hydrogen) atoms. The Hall–Kier alpha value is -0.870. The van der Waals surface area contributed by atoms with Crippen molar-refractivity contribution in [1.82, 2.24) is 5.32 Å². The van der Waals surface area contributed by atoms with Gasteiger partial charge in [0.05, 0.1) is 5.25 Å². The topological polar surface area (TPSA) is 32.3 Å². The normalized spacial score (nSPS) is 19.9. The van der Waals surface area contributed by atoms with E-state index in [1.54, 1.807) is 11.8 Å². The molecule has 0 unspecified atom stereocenters. The SMILES string of the molecule is CS[C@@H](C)C(=O)NC[C@@H]1CCN(c2ccc(Cl)cc2)C1. The van der Waals surface area contributed by atoms with E-state index in [0.717, 1.165) is 31.1 Å². The van der Waals surface area contributed by atoms with Gasteiger partial charge in [-0.1, -0.05) is 11.6 Å². The third-order valence-electron chi connectivity index (χ3n) is 3.77. The average molecular weight is 313 g/mol. The second-order valence-corrected chi connectivity index (χ2v) is 6.82. The summed E-state index contributed by atoms with van der Waals surface area (Å²) >= 11 is 7.49. The maximum Gasteiger partial charge on any atom is 0.232 e. The van der Waals surface area contributed by atoms with Crippen molar-refractivity contribution in [3.8, 4) is 0 Å². The number of halogens is 1. The van der Waals surface area contributed by atoms with Crippen molar-refractivity contribution >= 4 is 35.0 Å². The van der Waals surface area contributed by atoms with Gasteiger partial charge in [0.2, 0.25) is 5.91 Å². The molecule has 2 rings (SSSR count). The Labute approximate surface area is 130 Å². The molecule has 0 bridgehead atoms. The first-order chi connectivity index (χ1) is 9.60. The summed E-state index contributed by atoms with van der Waals surface area (Å²) < 4.78 is 0. The van der Waals surface area contributed by atoms with Gasteiger partial charge in [0.1, 0.15) is 0 Å². The number of amides is 1. The van der Waals surface area contributed by atoms with Crippen molar-refractivity contribution in [2.45, 2.75) is 18.6 Å². The lowest BCUT2D eigenvalue weighted by molar-refractivity contribution is -0.120. The molecule has 1 fully saturated rings. The summed E-state index contributed by atoms with van der Waals surface area (Å²) in [5, 5.41) is 3.85. The Balaban J connectivity index is 1.80. The first-order valence-corrected chi connectivity index (χ1v) is 8.57. The number of nitrogens with zero attached hydrogens (tertiary/aromatic N) is 1. The summed E-state index contributed by atoms with van der Waals surface area (Å²) in [6, 6.07) is 7.95. The van der Waals surface area contributed by atoms with E-state index in [0.29, 0.717) is 5.92 Å². The van der Waals surface area contributed by atoms with Crippen LogP contribution in [0.25, 0.3) is 0 Å². The highest BCUT2D eigenvalue weighted by Crippen LogP contribution is 2.24. The first-order valence-electron chi connectivity index (χ1n) is 6.91. The maximum atomic E-state index is 11.8. The first kappa shape index (κ1) is 15.5. The number of benzene rings is 1. The van der Waals surface area contributed by atoms with Crippen LogP contribution in [0.2, 0.25) is 5.02 Å². The van der Waals surface area contributed by atoms with E-state index in [1.807, 2.05) is 25.3 Å². The fourth-order valence-corrected chi connectivity index (χ4v) is 2.80. The van der Waals surface area contributed by atoms with E-state index in [-0.39, 0.29) is 11.2 Å². The van der Waals surface area contributed by atoms with Gasteiger partial charge in [0.25, 0.3) is 0 Å². The Morgan fingerprint density at radius 2 is 2.20 bits per heavy atom. The van der Waals surface area contributed by atoms with Gasteiger partial charge in [-0.3, -0.25) is 4.79 Å². The number of hydrogen-bond acceptors (Lipinski definition) is 3. The lowest BCUT2D eigenvalue weighted by atomic mass is 10.1. The standard InChI is InChI=1S/C15H21ClN2OS/c1-11(20-2)15(19)17-9-12-7-8-18(10-12)14-5-3-13(16)4-6-14/h3-6,11-12H,7-10H2,1-2H3,(H,17,19)/t11-,12-/m0/s1. The zero-order valence-corrected chi connectivity index (χ0v) is 13.5. The average Bonchev–Trinajstić information content (AvgIpc) is 2.93. The molecule has 1 amide bonds. The molecule has 0 radical (unpaired) electrons.